The average Bonchev–Trinajstić information content (AvgIpc) is 2.31. The predicted octanol–water partition coefficient (Wildman–Crippen LogP) is 2.52. The van der Waals surface area contributed by atoms with Gasteiger partial charge in [-0.3, -0.25) is 4.79 Å². The summed E-state index contributed by atoms with van der Waals surface area (Å²) in [5, 5.41) is 2.95. The van der Waals surface area contributed by atoms with Crippen LogP contribution in [0.2, 0.25) is 0 Å². The molecule has 0 bridgehead atoms. The van der Waals surface area contributed by atoms with Gasteiger partial charge in [-0.1, -0.05) is 0 Å². The van der Waals surface area contributed by atoms with Crippen LogP contribution in [-0.2, 0) is 4.79 Å². The number of nitrogens with zero attached hydrogens (tertiary/aromatic N) is 1. The van der Waals surface area contributed by atoms with E-state index in [9.17, 15) is 4.79 Å². The third-order valence-corrected chi connectivity index (χ3v) is 3.06. The molecular weight excluding hydrogens is 238 g/mol. The summed E-state index contributed by atoms with van der Waals surface area (Å²) in [5.74, 6) is 0.0568. The molecule has 1 aromatic carbocycles. The summed E-state index contributed by atoms with van der Waals surface area (Å²) in [6.07, 6.45) is 2.24. The number of benzene rings is 1. The van der Waals surface area contributed by atoms with E-state index in [0.717, 1.165) is 29.8 Å². The van der Waals surface area contributed by atoms with Gasteiger partial charge in [0, 0.05) is 37.9 Å². The number of carbonyl (C=O) groups is 1. The van der Waals surface area contributed by atoms with Crippen molar-refractivity contribution in [3.8, 4) is 0 Å². The molecule has 1 amide bonds. The Morgan fingerprint density at radius 2 is 2.11 bits per heavy atom. The molecule has 0 saturated carbocycles. The number of hydrogen-bond acceptors (Lipinski definition) is 3. The third kappa shape index (κ3) is 5.30. The van der Waals surface area contributed by atoms with Crippen molar-refractivity contribution >= 4 is 17.3 Å². The van der Waals surface area contributed by atoms with E-state index in [2.05, 4.69) is 11.4 Å². The summed E-state index contributed by atoms with van der Waals surface area (Å²) in [7, 11) is 4.00. The lowest BCUT2D eigenvalue weighted by Crippen LogP contribution is -2.17. The first-order valence-electron chi connectivity index (χ1n) is 6.73. The van der Waals surface area contributed by atoms with Gasteiger partial charge in [-0.15, -0.1) is 0 Å². The van der Waals surface area contributed by atoms with Crippen LogP contribution in [-0.4, -0.2) is 26.0 Å². The first kappa shape index (κ1) is 15.5. The second-order valence-electron chi connectivity index (χ2n) is 5.31. The van der Waals surface area contributed by atoms with Crippen LogP contribution in [0, 0.1) is 6.92 Å². The molecule has 4 nitrogen and oxygen atoms in total. The highest BCUT2D eigenvalue weighted by atomic mass is 16.1. The van der Waals surface area contributed by atoms with Gasteiger partial charge in [0.15, 0.2) is 0 Å². The van der Waals surface area contributed by atoms with Crippen LogP contribution in [0.1, 0.15) is 31.7 Å². The van der Waals surface area contributed by atoms with Crippen molar-refractivity contribution in [2.75, 3.05) is 24.3 Å². The van der Waals surface area contributed by atoms with Gasteiger partial charge in [0.1, 0.15) is 0 Å². The van der Waals surface area contributed by atoms with Crippen LogP contribution in [0.4, 0.5) is 11.4 Å². The SMILES string of the molecule is Cc1cc(N(C)C)ccc1NC(=O)CCCC(C)N. The molecule has 3 N–H and O–H groups in total. The summed E-state index contributed by atoms with van der Waals surface area (Å²) in [6, 6.07) is 6.19. The number of amides is 1. The molecule has 0 heterocycles. The van der Waals surface area contributed by atoms with Crippen molar-refractivity contribution in [2.24, 2.45) is 5.73 Å². The number of carbonyl (C=O) groups excluding carboxylic acids is 1. The van der Waals surface area contributed by atoms with Crippen molar-refractivity contribution in [1.82, 2.24) is 0 Å². The number of nitrogens with two attached hydrogens (primary N) is 1. The molecule has 1 unspecified atom stereocenters. The lowest BCUT2D eigenvalue weighted by molar-refractivity contribution is -0.116. The lowest BCUT2D eigenvalue weighted by atomic mass is 10.1. The van der Waals surface area contributed by atoms with Crippen molar-refractivity contribution in [2.45, 2.75) is 39.2 Å². The molecule has 0 fully saturated rings. The summed E-state index contributed by atoms with van der Waals surface area (Å²) < 4.78 is 0. The Morgan fingerprint density at radius 3 is 2.63 bits per heavy atom. The third-order valence-electron chi connectivity index (χ3n) is 3.06. The van der Waals surface area contributed by atoms with Crippen molar-refractivity contribution in [1.29, 1.82) is 0 Å². The maximum atomic E-state index is 11.8. The lowest BCUT2D eigenvalue weighted by Gasteiger charge is -2.15. The number of aryl methyl sites for hydroxylation is 1. The van der Waals surface area contributed by atoms with E-state index >= 15 is 0 Å². The summed E-state index contributed by atoms with van der Waals surface area (Å²) in [6.45, 7) is 3.96. The standard InChI is InChI=1S/C15H25N3O/c1-11-10-13(18(3)4)8-9-14(11)17-15(19)7-5-6-12(2)16/h8-10,12H,5-7,16H2,1-4H3,(H,17,19). The normalized spacial score (nSPS) is 12.1. The number of anilines is 2. The zero-order chi connectivity index (χ0) is 14.4. The smallest absolute Gasteiger partial charge is 0.224 e. The fraction of sp³-hybridized carbons (Fsp3) is 0.533. The van der Waals surface area contributed by atoms with Crippen molar-refractivity contribution < 1.29 is 4.79 Å². The largest absolute Gasteiger partial charge is 0.378 e. The Balaban J connectivity index is 2.55. The molecule has 1 aromatic rings. The van der Waals surface area contributed by atoms with Gasteiger partial charge in [-0.25, -0.2) is 0 Å². The molecule has 0 aliphatic carbocycles. The molecule has 106 valence electrons. The maximum absolute atomic E-state index is 11.8. The molecule has 19 heavy (non-hydrogen) atoms. The van der Waals surface area contributed by atoms with Crippen LogP contribution in [0.15, 0.2) is 18.2 Å². The second kappa shape index (κ2) is 7.14. The fourth-order valence-electron chi connectivity index (χ4n) is 1.86. The van der Waals surface area contributed by atoms with Gasteiger partial charge in [0.05, 0.1) is 0 Å². The minimum absolute atomic E-state index is 0.0568. The van der Waals surface area contributed by atoms with Gasteiger partial charge in [-0.2, -0.15) is 0 Å². The monoisotopic (exact) mass is 263 g/mol. The van der Waals surface area contributed by atoms with E-state index in [-0.39, 0.29) is 11.9 Å². The minimum atomic E-state index is 0.0568. The summed E-state index contributed by atoms with van der Waals surface area (Å²) >= 11 is 0. The highest BCUT2D eigenvalue weighted by molar-refractivity contribution is 5.91. The topological polar surface area (TPSA) is 58.4 Å². The Hall–Kier alpha value is -1.55. The fourth-order valence-corrected chi connectivity index (χ4v) is 1.86. The Kier molecular flexibility index (Phi) is 5.83. The van der Waals surface area contributed by atoms with E-state index in [1.54, 1.807) is 0 Å². The quantitative estimate of drug-likeness (QED) is 0.829. The molecule has 0 aliphatic rings. The summed E-state index contributed by atoms with van der Waals surface area (Å²) in [5.41, 5.74) is 8.76. The van der Waals surface area contributed by atoms with Gasteiger partial charge in [0.25, 0.3) is 0 Å². The average molecular weight is 263 g/mol. The molecule has 0 spiro atoms. The zero-order valence-corrected chi connectivity index (χ0v) is 12.4. The van der Waals surface area contributed by atoms with E-state index in [1.807, 2.05) is 45.0 Å². The highest BCUT2D eigenvalue weighted by Crippen LogP contribution is 2.21. The molecule has 1 atom stereocenters. The van der Waals surface area contributed by atoms with Gasteiger partial charge < -0.3 is 16.0 Å². The first-order valence-corrected chi connectivity index (χ1v) is 6.73. The van der Waals surface area contributed by atoms with Crippen molar-refractivity contribution in [3.05, 3.63) is 23.8 Å². The van der Waals surface area contributed by atoms with E-state index in [1.165, 1.54) is 0 Å². The van der Waals surface area contributed by atoms with Crippen LogP contribution in [0.25, 0.3) is 0 Å². The number of rotatable bonds is 6. The van der Waals surface area contributed by atoms with E-state index in [4.69, 9.17) is 5.73 Å². The zero-order valence-electron chi connectivity index (χ0n) is 12.4. The van der Waals surface area contributed by atoms with Crippen molar-refractivity contribution in [3.63, 3.8) is 0 Å². The number of hydrogen-bond donors (Lipinski definition) is 2. The van der Waals surface area contributed by atoms with Crippen LogP contribution >= 0.6 is 0 Å². The van der Waals surface area contributed by atoms with Gasteiger partial charge >= 0.3 is 0 Å². The van der Waals surface area contributed by atoms with Gasteiger partial charge in [-0.05, 0) is 50.5 Å². The Bertz CT molecular complexity index is 427. The molecular formula is C15H25N3O. The van der Waals surface area contributed by atoms with Crippen LogP contribution in [0.3, 0.4) is 0 Å². The Morgan fingerprint density at radius 1 is 1.42 bits per heavy atom. The van der Waals surface area contributed by atoms with E-state index < -0.39 is 0 Å². The Labute approximate surface area is 116 Å². The summed E-state index contributed by atoms with van der Waals surface area (Å²) in [4.78, 5) is 13.8. The molecule has 0 radical (unpaired) electrons. The molecule has 0 aliphatic heterocycles. The highest BCUT2D eigenvalue weighted by Gasteiger charge is 2.06. The van der Waals surface area contributed by atoms with Gasteiger partial charge in [0.2, 0.25) is 5.91 Å². The molecule has 0 aromatic heterocycles. The maximum Gasteiger partial charge on any atom is 0.224 e. The molecule has 4 heteroatoms. The number of nitrogens with one attached hydrogen (secondary N) is 1. The molecule has 0 saturated heterocycles. The van der Waals surface area contributed by atoms with Crippen LogP contribution < -0.4 is 16.0 Å². The first-order chi connectivity index (χ1) is 8.90. The molecule has 1 rings (SSSR count). The van der Waals surface area contributed by atoms with E-state index in [0.29, 0.717) is 6.42 Å². The predicted molar refractivity (Wildman–Crippen MR) is 81.6 cm³/mol. The van der Waals surface area contributed by atoms with Crippen LogP contribution in [0.5, 0.6) is 0 Å². The second-order valence-corrected chi connectivity index (χ2v) is 5.31. The minimum Gasteiger partial charge on any atom is -0.378 e.